The molecule has 0 N–H and O–H groups in total. The number of thiophene rings is 2. The molecule has 8 nitrogen and oxygen atoms in total. The van der Waals surface area contributed by atoms with Gasteiger partial charge in [-0.2, -0.15) is 0 Å². The predicted molar refractivity (Wildman–Crippen MR) is 627 cm³/mol. The molecule has 0 atom stereocenters. The van der Waals surface area contributed by atoms with Crippen molar-refractivity contribution in [1.29, 1.82) is 0 Å². The average molecular weight is 1910 g/mol. The van der Waals surface area contributed by atoms with Gasteiger partial charge >= 0.3 is 0 Å². The smallest absolute Gasteiger partial charge is 0.164 e. The lowest BCUT2D eigenvalue weighted by molar-refractivity contribution is 1.07. The number of benzene rings is 26. The van der Waals surface area contributed by atoms with Gasteiger partial charge in [-0.3, -0.25) is 0 Å². The largest absolute Gasteiger partial charge is 0.309 e. The van der Waals surface area contributed by atoms with Crippen molar-refractivity contribution in [3.8, 4) is 113 Å². The van der Waals surface area contributed by atoms with E-state index in [1.54, 1.807) is 0 Å². The second-order valence-corrected chi connectivity index (χ2v) is 41.4. The summed E-state index contributed by atoms with van der Waals surface area (Å²) in [6.45, 7) is 0. The number of nitrogens with zero attached hydrogens (tertiary/aromatic N) is 8. The van der Waals surface area contributed by atoms with Crippen LogP contribution in [0.2, 0.25) is 0 Å². The van der Waals surface area contributed by atoms with E-state index in [2.05, 4.69) is 482 Å². The molecule has 32 rings (SSSR count). The summed E-state index contributed by atoms with van der Waals surface area (Å²) in [5, 5.41) is 37.6. The number of aromatic nitrogens is 8. The van der Waals surface area contributed by atoms with E-state index in [1.165, 1.54) is 137 Å². The van der Waals surface area contributed by atoms with Crippen molar-refractivity contribution in [2.45, 2.75) is 0 Å². The van der Waals surface area contributed by atoms with Crippen molar-refractivity contribution < 1.29 is 0 Å². The summed E-state index contributed by atoms with van der Waals surface area (Å²) < 4.78 is 9.80. The molecular formula is C138H78N8S2. The van der Waals surface area contributed by atoms with Crippen LogP contribution in [0.1, 0.15) is 0 Å². The highest BCUT2D eigenvalue weighted by atomic mass is 32.1. The van der Waals surface area contributed by atoms with Crippen molar-refractivity contribution in [2.24, 2.45) is 0 Å². The lowest BCUT2D eigenvalue weighted by Crippen LogP contribution is -2.02. The molecule has 26 aromatic carbocycles. The minimum atomic E-state index is 0.564. The van der Waals surface area contributed by atoms with Crippen LogP contribution in [-0.2, 0) is 0 Å². The van der Waals surface area contributed by atoms with Gasteiger partial charge in [0.2, 0.25) is 0 Å². The first-order valence-electron chi connectivity index (χ1n) is 50.4. The first-order chi connectivity index (χ1) is 73.3. The van der Waals surface area contributed by atoms with Crippen LogP contribution in [0.25, 0.3) is 326 Å². The minimum absolute atomic E-state index is 0.564. The highest BCUT2D eigenvalue weighted by Gasteiger charge is 2.29. The van der Waals surface area contributed by atoms with Gasteiger partial charge in [-0.15, -0.1) is 22.7 Å². The molecule has 0 saturated heterocycles. The molecule has 0 aliphatic carbocycles. The Morgan fingerprint density at radius 1 is 0.142 bits per heavy atom. The Morgan fingerprint density at radius 3 is 0.912 bits per heavy atom. The summed E-state index contributed by atoms with van der Waals surface area (Å²) in [6.07, 6.45) is 0. The number of hydrogen-bond acceptors (Lipinski definition) is 8. The zero-order valence-corrected chi connectivity index (χ0v) is 81.1. The average Bonchev–Trinajstić information content (AvgIpc) is 1.38. The third kappa shape index (κ3) is 12.6. The first-order valence-corrected chi connectivity index (χ1v) is 52.0. The Balaban J connectivity index is 0.572. The lowest BCUT2D eigenvalue weighted by atomic mass is 9.89. The van der Waals surface area contributed by atoms with E-state index in [1.807, 2.05) is 22.7 Å². The summed E-state index contributed by atoms with van der Waals surface area (Å²) in [5.74, 6) is 3.47. The van der Waals surface area contributed by atoms with Crippen molar-refractivity contribution in [2.75, 3.05) is 0 Å². The quantitative estimate of drug-likeness (QED) is 0.120. The fourth-order valence-electron chi connectivity index (χ4n) is 24.5. The Labute approximate surface area is 854 Å². The molecule has 0 saturated carbocycles. The molecule has 682 valence electrons. The molecular weight excluding hydrogens is 1830 g/mol. The van der Waals surface area contributed by atoms with Gasteiger partial charge in [0.25, 0.3) is 0 Å². The maximum absolute atomic E-state index is 5.80. The van der Waals surface area contributed by atoms with Crippen LogP contribution in [0.15, 0.2) is 473 Å². The van der Waals surface area contributed by atoms with Gasteiger partial charge in [0.1, 0.15) is 0 Å². The number of rotatable bonds is 11. The van der Waals surface area contributed by atoms with Crippen LogP contribution >= 0.6 is 22.7 Å². The molecule has 10 heteroatoms. The molecule has 0 radical (unpaired) electrons. The number of hydrogen-bond donors (Lipinski definition) is 0. The number of para-hydroxylation sites is 2. The van der Waals surface area contributed by atoms with E-state index in [9.17, 15) is 0 Å². The maximum Gasteiger partial charge on any atom is 0.164 e. The zero-order chi connectivity index (χ0) is 96.6. The predicted octanol–water partition coefficient (Wildman–Crippen LogP) is 37.8. The van der Waals surface area contributed by atoms with Crippen molar-refractivity contribution in [3.63, 3.8) is 0 Å². The van der Waals surface area contributed by atoms with Gasteiger partial charge in [-0.1, -0.05) is 364 Å². The van der Waals surface area contributed by atoms with Crippen LogP contribution in [0.3, 0.4) is 0 Å². The van der Waals surface area contributed by atoms with E-state index in [0.29, 0.717) is 34.9 Å². The van der Waals surface area contributed by atoms with Crippen LogP contribution in [0.4, 0.5) is 0 Å². The molecule has 148 heavy (non-hydrogen) atoms. The lowest BCUT2D eigenvalue weighted by Gasteiger charge is -2.17. The van der Waals surface area contributed by atoms with E-state index < -0.39 is 0 Å². The Morgan fingerprint density at radius 2 is 0.432 bits per heavy atom. The summed E-state index contributed by atoms with van der Waals surface area (Å²) in [6, 6.07) is 174. The molecule has 0 spiro atoms. The van der Waals surface area contributed by atoms with Crippen LogP contribution in [0.5, 0.6) is 0 Å². The Bertz CT molecular complexity index is 11200. The molecule has 0 aliphatic rings. The van der Waals surface area contributed by atoms with E-state index in [4.69, 9.17) is 29.9 Å². The molecule has 0 aliphatic heterocycles. The fraction of sp³-hybridized carbons (Fsp3) is 0. The van der Waals surface area contributed by atoms with Crippen molar-refractivity contribution in [3.05, 3.63) is 473 Å². The monoisotopic (exact) mass is 1910 g/mol. The summed E-state index contributed by atoms with van der Waals surface area (Å²) >= 11 is 3.70. The fourth-order valence-corrected chi connectivity index (χ4v) is 27.0. The topological polar surface area (TPSA) is 87.2 Å². The molecule has 6 heterocycles. The highest BCUT2D eigenvalue weighted by Crippen LogP contribution is 2.52. The van der Waals surface area contributed by atoms with E-state index >= 15 is 0 Å². The Kier molecular flexibility index (Phi) is 17.9. The molecule has 0 fully saturated rings. The van der Waals surface area contributed by atoms with Gasteiger partial charge in [-0.05, 0) is 244 Å². The molecule has 32 aromatic rings. The summed E-state index contributed by atoms with van der Waals surface area (Å²) in [4.78, 5) is 34.2. The standard InChI is InChI=1S/C138H78N8S2/c1-2-27-80-68-87(55-54-79(80)26-1)133-139-137(91-61-67-124(120(75-91)112-48-24-46-110-106-43-19-22-53-128(106)147-131(110)112)145-122-51-20-17-41-104(122)118-70-81-28-3-5-30-83(81)76-126(118)145)144-138(143-133)114-50-23-45-109-117-69-85(56-62-103(117)98-38-15-16-44-108(98)130(109)114)86-57-65-107-111-47-25-49-113(132(111)148-129(107)78-86)121-74-90(60-66-125(121)146-123-52-21-18-42-105(123)119-71-82-29-4-6-31-84(82)77-127(119)146)136-141-134(88-58-63-101-96-36-9-7-32-92(96)94-34-11-13-39-99(94)115(101)72-88)140-135(142-136)89-59-64-102-97-37-10-8-33-93(97)95-35-12-14-40-100(95)116(102)73-89/h1-78H. The second-order valence-electron chi connectivity index (χ2n) is 39.3. The van der Waals surface area contributed by atoms with Gasteiger partial charge in [0.15, 0.2) is 34.9 Å². The van der Waals surface area contributed by atoms with E-state index in [-0.39, 0.29) is 0 Å². The number of fused-ring (bicyclic) bond motifs is 33. The zero-order valence-electron chi connectivity index (χ0n) is 79.4. The molecule has 0 amide bonds. The molecule has 6 aromatic heterocycles. The minimum Gasteiger partial charge on any atom is -0.309 e. The van der Waals surface area contributed by atoms with Gasteiger partial charge in [-0.25, -0.2) is 29.9 Å². The third-order valence-electron chi connectivity index (χ3n) is 31.3. The van der Waals surface area contributed by atoms with E-state index in [0.717, 1.165) is 154 Å². The summed E-state index contributed by atoms with van der Waals surface area (Å²) in [7, 11) is 0. The van der Waals surface area contributed by atoms with Gasteiger partial charge in [0, 0.05) is 123 Å². The van der Waals surface area contributed by atoms with Gasteiger partial charge in [0.05, 0.1) is 33.4 Å². The third-order valence-corrected chi connectivity index (χ3v) is 33.7. The second kappa shape index (κ2) is 32.2. The van der Waals surface area contributed by atoms with Crippen LogP contribution in [0, 0.1) is 0 Å². The molecule has 0 unspecified atom stereocenters. The SMILES string of the molecule is c1ccc2cc(-c3nc(-c4ccc(-n5c6ccccc6c6cc7ccccc7cc65)c(-c5cccc6c5sc5ccccc56)c4)nc(-c4cccc5c6cc(-c7ccc8c(c7)sc7c(-c9cc(-c%10nc(-c%11ccc%12c%13ccccc%13c%13ccccc%13c%12c%11)nc(-c%11ccc%12c%13ccccc%13c%13ccccc%13c%12c%11)n%10)ccc9-n9c%10ccccc%10c%10cc%11ccccc%11cc%109)cccc78)ccc6c6ccccc6c45)n3)ccc2c1. The van der Waals surface area contributed by atoms with Gasteiger partial charge < -0.3 is 9.13 Å². The normalized spacial score (nSPS) is 12.2. The Hall–Kier alpha value is -19.1. The maximum atomic E-state index is 5.80. The highest BCUT2D eigenvalue weighted by molar-refractivity contribution is 7.26. The van der Waals surface area contributed by atoms with Crippen LogP contribution < -0.4 is 0 Å². The van der Waals surface area contributed by atoms with Crippen LogP contribution in [-0.4, -0.2) is 39.0 Å². The first kappa shape index (κ1) is 82.5. The molecule has 0 bridgehead atoms. The van der Waals surface area contributed by atoms with Crippen molar-refractivity contribution >= 4 is 236 Å². The van der Waals surface area contributed by atoms with Crippen molar-refractivity contribution in [1.82, 2.24) is 39.0 Å². The summed E-state index contributed by atoms with van der Waals surface area (Å²) in [5.41, 5.74) is 18.5.